The summed E-state index contributed by atoms with van der Waals surface area (Å²) in [7, 11) is 0. The van der Waals surface area contributed by atoms with Crippen molar-refractivity contribution in [2.45, 2.75) is 32.2 Å². The van der Waals surface area contributed by atoms with E-state index in [2.05, 4.69) is 34.8 Å². The van der Waals surface area contributed by atoms with Crippen LogP contribution < -0.4 is 5.32 Å². The molecule has 3 nitrogen and oxygen atoms in total. The van der Waals surface area contributed by atoms with Crippen LogP contribution in [0.25, 0.3) is 0 Å². The summed E-state index contributed by atoms with van der Waals surface area (Å²) in [6.45, 7) is 4.74. The number of carbonyl (C=O) groups excluding carboxylic acids is 1. The highest BCUT2D eigenvalue weighted by Gasteiger charge is 2.22. The molecule has 1 aliphatic rings. The molecule has 0 spiro atoms. The molecular weight excluding hydrogens is 387 g/mol. The van der Waals surface area contributed by atoms with Crippen molar-refractivity contribution in [3.05, 3.63) is 32.4 Å². The van der Waals surface area contributed by atoms with Crippen molar-refractivity contribution >= 4 is 40.1 Å². The van der Waals surface area contributed by atoms with Gasteiger partial charge in [-0.3, -0.25) is 4.79 Å². The highest BCUT2D eigenvalue weighted by Crippen LogP contribution is 2.21. The molecule has 1 atom stereocenters. The first-order chi connectivity index (χ1) is 9.61. The van der Waals surface area contributed by atoms with E-state index in [9.17, 15) is 4.79 Å². The van der Waals surface area contributed by atoms with Gasteiger partial charge in [0.25, 0.3) is 5.91 Å². The van der Waals surface area contributed by atoms with Gasteiger partial charge in [-0.2, -0.15) is 0 Å². The molecule has 1 aliphatic heterocycles. The maximum Gasteiger partial charge on any atom is 0.253 e. The zero-order chi connectivity index (χ0) is 14.5. The quantitative estimate of drug-likeness (QED) is 0.759. The predicted molar refractivity (Wildman–Crippen MR) is 91.4 cm³/mol. The minimum Gasteiger partial charge on any atom is -0.337 e. The SMILES string of the molecule is CCCN(CC1CCCN1)C(=O)c1ccc(I)c(Cl)c1. The number of amides is 1. The second kappa shape index (κ2) is 7.61. The zero-order valence-electron chi connectivity index (χ0n) is 11.7. The van der Waals surface area contributed by atoms with Crippen LogP contribution in [0.1, 0.15) is 36.5 Å². The molecular formula is C15H20ClIN2O. The number of nitrogens with one attached hydrogen (secondary N) is 1. The number of halogens is 2. The zero-order valence-corrected chi connectivity index (χ0v) is 14.6. The molecule has 0 bridgehead atoms. The largest absolute Gasteiger partial charge is 0.337 e. The lowest BCUT2D eigenvalue weighted by atomic mass is 10.1. The number of nitrogens with zero attached hydrogens (tertiary/aromatic N) is 1. The molecule has 1 amide bonds. The minimum absolute atomic E-state index is 0.0823. The third kappa shape index (κ3) is 4.09. The fourth-order valence-corrected chi connectivity index (χ4v) is 3.05. The van der Waals surface area contributed by atoms with Crippen LogP contribution in [-0.2, 0) is 0 Å². The first-order valence-corrected chi connectivity index (χ1v) is 8.55. The van der Waals surface area contributed by atoms with Gasteiger partial charge in [-0.25, -0.2) is 0 Å². The van der Waals surface area contributed by atoms with E-state index in [-0.39, 0.29) is 5.91 Å². The monoisotopic (exact) mass is 406 g/mol. The lowest BCUT2D eigenvalue weighted by Gasteiger charge is -2.25. The number of carbonyl (C=O) groups is 1. The summed E-state index contributed by atoms with van der Waals surface area (Å²) in [6.07, 6.45) is 3.33. The summed E-state index contributed by atoms with van der Waals surface area (Å²) < 4.78 is 0.973. The highest BCUT2D eigenvalue weighted by molar-refractivity contribution is 14.1. The maximum absolute atomic E-state index is 12.6. The Morgan fingerprint density at radius 2 is 2.35 bits per heavy atom. The Kier molecular flexibility index (Phi) is 6.11. The number of hydrogen-bond donors (Lipinski definition) is 1. The average molecular weight is 407 g/mol. The van der Waals surface area contributed by atoms with Crippen molar-refractivity contribution in [3.8, 4) is 0 Å². The van der Waals surface area contributed by atoms with Crippen LogP contribution in [0.2, 0.25) is 5.02 Å². The first kappa shape index (κ1) is 16.0. The van der Waals surface area contributed by atoms with Crippen LogP contribution in [0, 0.1) is 3.57 Å². The summed E-state index contributed by atoms with van der Waals surface area (Å²) in [5.41, 5.74) is 0.682. The van der Waals surface area contributed by atoms with Gasteiger partial charge in [0.1, 0.15) is 0 Å². The van der Waals surface area contributed by atoms with Crippen molar-refractivity contribution in [1.29, 1.82) is 0 Å². The van der Waals surface area contributed by atoms with Crippen LogP contribution in [-0.4, -0.2) is 36.5 Å². The Bertz CT molecular complexity index is 475. The lowest BCUT2D eigenvalue weighted by molar-refractivity contribution is 0.0742. The Morgan fingerprint density at radius 1 is 1.55 bits per heavy atom. The number of benzene rings is 1. The fraction of sp³-hybridized carbons (Fsp3) is 0.533. The summed E-state index contributed by atoms with van der Waals surface area (Å²) in [5, 5.41) is 4.10. The number of rotatable bonds is 5. The standard InChI is InChI=1S/C15H20ClIN2O/c1-2-8-19(10-12-4-3-7-18-12)15(20)11-5-6-14(17)13(16)9-11/h5-6,9,12,18H,2-4,7-8,10H2,1H3. The van der Waals surface area contributed by atoms with Crippen LogP contribution in [0.4, 0.5) is 0 Å². The lowest BCUT2D eigenvalue weighted by Crippen LogP contribution is -2.41. The van der Waals surface area contributed by atoms with E-state index in [0.29, 0.717) is 16.6 Å². The third-order valence-electron chi connectivity index (χ3n) is 3.55. The van der Waals surface area contributed by atoms with E-state index in [1.807, 2.05) is 17.0 Å². The van der Waals surface area contributed by atoms with E-state index in [1.54, 1.807) is 6.07 Å². The average Bonchev–Trinajstić information content (AvgIpc) is 2.93. The normalized spacial score (nSPS) is 18.2. The number of hydrogen-bond acceptors (Lipinski definition) is 2. The highest BCUT2D eigenvalue weighted by atomic mass is 127. The second-order valence-electron chi connectivity index (χ2n) is 5.17. The predicted octanol–water partition coefficient (Wildman–Crippen LogP) is 3.55. The van der Waals surface area contributed by atoms with Crippen LogP contribution in [0.5, 0.6) is 0 Å². The van der Waals surface area contributed by atoms with Crippen molar-refractivity contribution < 1.29 is 4.79 Å². The van der Waals surface area contributed by atoms with Gasteiger partial charge < -0.3 is 10.2 Å². The Labute approximate surface area is 139 Å². The molecule has 1 fully saturated rings. The smallest absolute Gasteiger partial charge is 0.253 e. The molecule has 1 aromatic carbocycles. The van der Waals surface area contributed by atoms with Gasteiger partial charge in [-0.15, -0.1) is 0 Å². The Morgan fingerprint density at radius 3 is 2.95 bits per heavy atom. The molecule has 1 heterocycles. The summed E-state index contributed by atoms with van der Waals surface area (Å²) in [6, 6.07) is 5.97. The molecule has 0 aliphatic carbocycles. The molecule has 20 heavy (non-hydrogen) atoms. The van der Waals surface area contributed by atoms with Crippen molar-refractivity contribution in [2.24, 2.45) is 0 Å². The molecule has 0 radical (unpaired) electrons. The van der Waals surface area contributed by atoms with Gasteiger partial charge in [0.15, 0.2) is 0 Å². The van der Waals surface area contributed by atoms with Gasteiger partial charge in [-0.1, -0.05) is 18.5 Å². The van der Waals surface area contributed by atoms with Crippen molar-refractivity contribution in [3.63, 3.8) is 0 Å². The van der Waals surface area contributed by atoms with E-state index in [1.165, 1.54) is 6.42 Å². The van der Waals surface area contributed by atoms with Crippen molar-refractivity contribution in [1.82, 2.24) is 10.2 Å². The van der Waals surface area contributed by atoms with Gasteiger partial charge in [-0.05, 0) is 66.6 Å². The molecule has 0 aromatic heterocycles. The van der Waals surface area contributed by atoms with E-state index in [0.717, 1.165) is 36.0 Å². The topological polar surface area (TPSA) is 32.3 Å². The van der Waals surface area contributed by atoms with E-state index in [4.69, 9.17) is 11.6 Å². The molecule has 2 rings (SSSR count). The van der Waals surface area contributed by atoms with Gasteiger partial charge in [0.2, 0.25) is 0 Å². The van der Waals surface area contributed by atoms with E-state index < -0.39 is 0 Å². The maximum atomic E-state index is 12.6. The molecule has 1 unspecified atom stereocenters. The molecule has 5 heteroatoms. The van der Waals surface area contributed by atoms with Crippen molar-refractivity contribution in [2.75, 3.05) is 19.6 Å². The fourth-order valence-electron chi connectivity index (χ4n) is 2.54. The molecule has 1 N–H and O–H groups in total. The van der Waals surface area contributed by atoms with E-state index >= 15 is 0 Å². The molecule has 0 saturated carbocycles. The van der Waals surface area contributed by atoms with Crippen LogP contribution in [0.15, 0.2) is 18.2 Å². The van der Waals surface area contributed by atoms with Crippen LogP contribution >= 0.6 is 34.2 Å². The third-order valence-corrected chi connectivity index (χ3v) is 5.12. The summed E-state index contributed by atoms with van der Waals surface area (Å²) in [4.78, 5) is 14.6. The summed E-state index contributed by atoms with van der Waals surface area (Å²) in [5.74, 6) is 0.0823. The molecule has 110 valence electrons. The molecule has 1 saturated heterocycles. The minimum atomic E-state index is 0.0823. The van der Waals surface area contributed by atoms with Gasteiger partial charge >= 0.3 is 0 Å². The van der Waals surface area contributed by atoms with Crippen LogP contribution in [0.3, 0.4) is 0 Å². The Balaban J connectivity index is 2.10. The second-order valence-corrected chi connectivity index (χ2v) is 6.74. The first-order valence-electron chi connectivity index (χ1n) is 7.09. The molecule has 1 aromatic rings. The van der Waals surface area contributed by atoms with Gasteiger partial charge in [0, 0.05) is 28.3 Å². The van der Waals surface area contributed by atoms with Gasteiger partial charge in [0.05, 0.1) is 5.02 Å². The summed E-state index contributed by atoms with van der Waals surface area (Å²) >= 11 is 8.29. The Hall–Kier alpha value is -0.330.